The zero-order chi connectivity index (χ0) is 14.1. The van der Waals surface area contributed by atoms with Crippen molar-refractivity contribution in [2.75, 3.05) is 12.4 Å². The molecular weight excluding hydrogens is 240 g/mol. The van der Waals surface area contributed by atoms with Crippen LogP contribution in [0.5, 0.6) is 5.75 Å². The molecule has 1 aliphatic rings. The lowest BCUT2D eigenvalue weighted by Gasteiger charge is -2.40. The molecule has 4 nitrogen and oxygen atoms in total. The van der Waals surface area contributed by atoms with Crippen LogP contribution < -0.4 is 15.8 Å². The first-order valence-corrected chi connectivity index (χ1v) is 6.64. The first-order valence-electron chi connectivity index (χ1n) is 6.64. The number of nitrogens with one attached hydrogen (secondary N) is 1. The molecule has 1 aromatic carbocycles. The zero-order valence-corrected chi connectivity index (χ0v) is 11.8. The normalized spacial score (nSPS) is 25.0. The number of methoxy groups -OCH3 is 1. The second-order valence-corrected chi connectivity index (χ2v) is 5.83. The van der Waals surface area contributed by atoms with Gasteiger partial charge in [0.25, 0.3) is 0 Å². The summed E-state index contributed by atoms with van der Waals surface area (Å²) < 4.78 is 5.33. The molecule has 0 aliphatic heterocycles. The van der Waals surface area contributed by atoms with E-state index in [1.807, 2.05) is 24.3 Å². The van der Waals surface area contributed by atoms with Gasteiger partial charge in [0.1, 0.15) is 11.3 Å². The highest BCUT2D eigenvalue weighted by molar-refractivity contribution is 5.90. The predicted octanol–water partition coefficient (Wildman–Crippen LogP) is 2.54. The Balaban J connectivity index is 2.40. The average molecular weight is 262 g/mol. The Bertz CT molecular complexity index is 485. The smallest absolute Gasteiger partial charge is 0.243 e. The van der Waals surface area contributed by atoms with Crippen LogP contribution in [0.1, 0.15) is 33.1 Å². The van der Waals surface area contributed by atoms with Gasteiger partial charge in [0.05, 0.1) is 12.8 Å². The second-order valence-electron chi connectivity index (χ2n) is 5.83. The fourth-order valence-electron chi connectivity index (χ4n) is 3.08. The summed E-state index contributed by atoms with van der Waals surface area (Å²) in [7, 11) is 1.62. The SMILES string of the molecule is COc1ccccc1NC1(C(N)=O)CCCC1(C)C. The van der Waals surface area contributed by atoms with Gasteiger partial charge in [0, 0.05) is 0 Å². The minimum Gasteiger partial charge on any atom is -0.495 e. The molecule has 1 unspecified atom stereocenters. The van der Waals surface area contributed by atoms with Crippen LogP contribution in [0.15, 0.2) is 24.3 Å². The minimum atomic E-state index is -0.707. The summed E-state index contributed by atoms with van der Waals surface area (Å²) in [6.07, 6.45) is 2.74. The largest absolute Gasteiger partial charge is 0.495 e. The van der Waals surface area contributed by atoms with Crippen LogP contribution in [0, 0.1) is 5.41 Å². The Morgan fingerprint density at radius 3 is 2.53 bits per heavy atom. The molecule has 104 valence electrons. The van der Waals surface area contributed by atoms with Crippen LogP contribution in [0.3, 0.4) is 0 Å². The number of anilines is 1. The number of amides is 1. The number of para-hydroxylation sites is 2. The van der Waals surface area contributed by atoms with Gasteiger partial charge in [-0.15, -0.1) is 0 Å². The average Bonchev–Trinajstić information content (AvgIpc) is 2.66. The molecule has 1 atom stereocenters. The van der Waals surface area contributed by atoms with E-state index in [0.29, 0.717) is 0 Å². The molecule has 0 spiro atoms. The molecule has 3 N–H and O–H groups in total. The Hall–Kier alpha value is -1.71. The van der Waals surface area contributed by atoms with Gasteiger partial charge >= 0.3 is 0 Å². The molecule has 1 aliphatic carbocycles. The predicted molar refractivity (Wildman–Crippen MR) is 76.2 cm³/mol. The van der Waals surface area contributed by atoms with Crippen molar-refractivity contribution >= 4 is 11.6 Å². The molecule has 1 fully saturated rings. The maximum absolute atomic E-state index is 12.1. The number of nitrogens with two attached hydrogens (primary N) is 1. The molecule has 0 saturated heterocycles. The molecule has 2 rings (SSSR count). The van der Waals surface area contributed by atoms with E-state index in [9.17, 15) is 4.79 Å². The summed E-state index contributed by atoms with van der Waals surface area (Å²) >= 11 is 0. The van der Waals surface area contributed by atoms with E-state index in [0.717, 1.165) is 30.7 Å². The summed E-state index contributed by atoms with van der Waals surface area (Å²) in [5.41, 5.74) is 5.65. The van der Waals surface area contributed by atoms with Gasteiger partial charge in [-0.1, -0.05) is 26.0 Å². The number of carbonyl (C=O) groups excluding carboxylic acids is 1. The fraction of sp³-hybridized carbons (Fsp3) is 0.533. The van der Waals surface area contributed by atoms with Crippen LogP contribution in [0.25, 0.3) is 0 Å². The van der Waals surface area contributed by atoms with Gasteiger partial charge in [-0.05, 0) is 36.8 Å². The molecular formula is C15H22N2O2. The lowest BCUT2D eigenvalue weighted by atomic mass is 9.74. The van der Waals surface area contributed by atoms with E-state index in [2.05, 4.69) is 19.2 Å². The number of carbonyl (C=O) groups is 1. The summed E-state index contributed by atoms with van der Waals surface area (Å²) in [6, 6.07) is 7.61. The Labute approximate surface area is 114 Å². The minimum absolute atomic E-state index is 0.167. The van der Waals surface area contributed by atoms with Crippen molar-refractivity contribution in [3.8, 4) is 5.75 Å². The van der Waals surface area contributed by atoms with Gasteiger partial charge in [0.2, 0.25) is 5.91 Å². The number of ether oxygens (including phenoxy) is 1. The highest BCUT2D eigenvalue weighted by atomic mass is 16.5. The highest BCUT2D eigenvalue weighted by Crippen LogP contribution is 2.48. The topological polar surface area (TPSA) is 64.3 Å². The Morgan fingerprint density at radius 1 is 1.32 bits per heavy atom. The van der Waals surface area contributed by atoms with Crippen molar-refractivity contribution in [2.24, 2.45) is 11.1 Å². The lowest BCUT2D eigenvalue weighted by Crippen LogP contribution is -2.57. The molecule has 0 bridgehead atoms. The third kappa shape index (κ3) is 2.15. The van der Waals surface area contributed by atoms with Gasteiger partial charge in [-0.25, -0.2) is 0 Å². The van der Waals surface area contributed by atoms with Crippen molar-refractivity contribution in [1.29, 1.82) is 0 Å². The summed E-state index contributed by atoms with van der Waals surface area (Å²) in [6.45, 7) is 4.18. The molecule has 0 radical (unpaired) electrons. The first-order chi connectivity index (χ1) is 8.93. The number of benzene rings is 1. The third-order valence-corrected chi connectivity index (χ3v) is 4.38. The van der Waals surface area contributed by atoms with E-state index >= 15 is 0 Å². The summed E-state index contributed by atoms with van der Waals surface area (Å²) in [5.74, 6) is 0.437. The number of rotatable bonds is 4. The van der Waals surface area contributed by atoms with E-state index in [1.165, 1.54) is 0 Å². The molecule has 1 aromatic rings. The second kappa shape index (κ2) is 4.76. The van der Waals surface area contributed by atoms with Crippen molar-refractivity contribution in [3.63, 3.8) is 0 Å². The molecule has 1 amide bonds. The summed E-state index contributed by atoms with van der Waals surface area (Å²) in [5, 5.41) is 3.36. The maximum Gasteiger partial charge on any atom is 0.243 e. The van der Waals surface area contributed by atoms with Crippen LogP contribution in [0.2, 0.25) is 0 Å². The number of primary amides is 1. The Kier molecular flexibility index (Phi) is 3.43. The van der Waals surface area contributed by atoms with Gasteiger partial charge in [0.15, 0.2) is 0 Å². The van der Waals surface area contributed by atoms with Gasteiger partial charge in [-0.2, -0.15) is 0 Å². The van der Waals surface area contributed by atoms with E-state index in [-0.39, 0.29) is 11.3 Å². The molecule has 4 heteroatoms. The molecule has 1 saturated carbocycles. The van der Waals surface area contributed by atoms with E-state index in [1.54, 1.807) is 7.11 Å². The van der Waals surface area contributed by atoms with Crippen molar-refractivity contribution in [2.45, 2.75) is 38.6 Å². The monoisotopic (exact) mass is 262 g/mol. The highest BCUT2D eigenvalue weighted by Gasteiger charge is 2.53. The van der Waals surface area contributed by atoms with Crippen molar-refractivity contribution < 1.29 is 9.53 Å². The van der Waals surface area contributed by atoms with Crippen molar-refractivity contribution in [1.82, 2.24) is 0 Å². The number of hydrogen-bond donors (Lipinski definition) is 2. The van der Waals surface area contributed by atoms with E-state index in [4.69, 9.17) is 10.5 Å². The van der Waals surface area contributed by atoms with Crippen molar-refractivity contribution in [3.05, 3.63) is 24.3 Å². The molecule has 19 heavy (non-hydrogen) atoms. The lowest BCUT2D eigenvalue weighted by molar-refractivity contribution is -0.125. The van der Waals surface area contributed by atoms with Gasteiger partial charge in [-0.3, -0.25) is 4.79 Å². The summed E-state index contributed by atoms with van der Waals surface area (Å²) in [4.78, 5) is 12.1. The first kappa shape index (κ1) is 13.7. The fourth-order valence-corrected chi connectivity index (χ4v) is 3.08. The quantitative estimate of drug-likeness (QED) is 0.876. The van der Waals surface area contributed by atoms with Crippen LogP contribution in [0.4, 0.5) is 5.69 Å². The van der Waals surface area contributed by atoms with Crippen LogP contribution in [-0.4, -0.2) is 18.6 Å². The maximum atomic E-state index is 12.1. The number of hydrogen-bond acceptors (Lipinski definition) is 3. The van der Waals surface area contributed by atoms with Crippen LogP contribution >= 0.6 is 0 Å². The standard InChI is InChI=1S/C15H22N2O2/c1-14(2)9-6-10-15(14,13(16)18)17-11-7-4-5-8-12(11)19-3/h4-5,7-8,17H,6,9-10H2,1-3H3,(H2,16,18). The van der Waals surface area contributed by atoms with Crippen LogP contribution in [-0.2, 0) is 4.79 Å². The molecule has 0 aromatic heterocycles. The molecule has 0 heterocycles. The Morgan fingerprint density at radius 2 is 2.00 bits per heavy atom. The zero-order valence-electron chi connectivity index (χ0n) is 11.8. The third-order valence-electron chi connectivity index (χ3n) is 4.38. The van der Waals surface area contributed by atoms with E-state index < -0.39 is 5.54 Å². The van der Waals surface area contributed by atoms with Gasteiger partial charge < -0.3 is 15.8 Å².